The number of sulfonamides is 1. The van der Waals surface area contributed by atoms with Crippen molar-refractivity contribution in [2.45, 2.75) is 24.8 Å². The molecule has 0 unspecified atom stereocenters. The molecule has 0 aromatic heterocycles. The van der Waals surface area contributed by atoms with Gasteiger partial charge in [0.2, 0.25) is 10.0 Å². The molecule has 0 aliphatic heterocycles. The van der Waals surface area contributed by atoms with Crippen LogP contribution in [0.4, 0.5) is 4.39 Å². The molecule has 0 spiro atoms. The summed E-state index contributed by atoms with van der Waals surface area (Å²) >= 11 is 0. The summed E-state index contributed by atoms with van der Waals surface area (Å²) in [4.78, 5) is 10.1. The highest BCUT2D eigenvalue weighted by molar-refractivity contribution is 7.89. The first-order valence-electron chi connectivity index (χ1n) is 5.87. The number of carboxylic acids is 1. The van der Waals surface area contributed by atoms with Gasteiger partial charge in [-0.05, 0) is 32.0 Å². The van der Waals surface area contributed by atoms with Crippen molar-refractivity contribution in [3.63, 3.8) is 0 Å². The quantitative estimate of drug-likeness (QED) is 0.815. The number of aliphatic hydroxyl groups excluding tert-OH is 1. The molecule has 112 valence electrons. The summed E-state index contributed by atoms with van der Waals surface area (Å²) in [7, 11) is -4.13. The Kier molecular flexibility index (Phi) is 5.21. The van der Waals surface area contributed by atoms with Crippen molar-refractivity contribution < 1.29 is 27.8 Å². The van der Waals surface area contributed by atoms with Gasteiger partial charge in [-0.1, -0.05) is 0 Å². The van der Waals surface area contributed by atoms with Gasteiger partial charge in [0.25, 0.3) is 0 Å². The third-order valence-electron chi connectivity index (χ3n) is 2.66. The maximum absolute atomic E-state index is 13.8. The molecule has 0 heterocycles. The molecule has 0 saturated carbocycles. The van der Waals surface area contributed by atoms with Crippen LogP contribution < -0.4 is 0 Å². The lowest BCUT2D eigenvalue weighted by atomic mass is 10.2. The van der Waals surface area contributed by atoms with Gasteiger partial charge < -0.3 is 10.2 Å². The van der Waals surface area contributed by atoms with Gasteiger partial charge in [-0.2, -0.15) is 4.31 Å². The first-order valence-corrected chi connectivity index (χ1v) is 7.31. The van der Waals surface area contributed by atoms with E-state index in [4.69, 9.17) is 10.2 Å². The Morgan fingerprint density at radius 1 is 1.40 bits per heavy atom. The molecule has 8 heteroatoms. The van der Waals surface area contributed by atoms with E-state index < -0.39 is 39.4 Å². The second-order valence-corrected chi connectivity index (χ2v) is 6.24. The molecular formula is C12H16FNO5S. The average molecular weight is 305 g/mol. The Bertz CT molecular complexity index is 600. The summed E-state index contributed by atoms with van der Waals surface area (Å²) in [6.45, 7) is 2.62. The SMILES string of the molecule is CC(C)N(CCO)S(=O)(=O)c1ccc(C(=O)O)cc1F. The second kappa shape index (κ2) is 6.29. The molecule has 0 bridgehead atoms. The molecule has 20 heavy (non-hydrogen) atoms. The standard InChI is InChI=1S/C12H16FNO5S/c1-8(2)14(5-6-15)20(18,19)11-4-3-9(12(16)17)7-10(11)13/h3-4,7-8,15H,5-6H2,1-2H3,(H,16,17). The fourth-order valence-corrected chi connectivity index (χ4v) is 3.40. The summed E-state index contributed by atoms with van der Waals surface area (Å²) in [5, 5.41) is 17.6. The lowest BCUT2D eigenvalue weighted by Gasteiger charge is -2.25. The molecule has 6 nitrogen and oxygen atoms in total. The number of aromatic carboxylic acids is 1. The lowest BCUT2D eigenvalue weighted by Crippen LogP contribution is -2.39. The Morgan fingerprint density at radius 3 is 2.40 bits per heavy atom. The lowest BCUT2D eigenvalue weighted by molar-refractivity contribution is 0.0696. The number of carbonyl (C=O) groups is 1. The van der Waals surface area contributed by atoms with Gasteiger partial charge in [0.05, 0.1) is 12.2 Å². The van der Waals surface area contributed by atoms with Gasteiger partial charge in [0.15, 0.2) is 0 Å². The first-order chi connectivity index (χ1) is 9.21. The summed E-state index contributed by atoms with van der Waals surface area (Å²) in [5.41, 5.74) is -0.334. The maximum atomic E-state index is 13.8. The Hall–Kier alpha value is -1.51. The summed E-state index contributed by atoms with van der Waals surface area (Å²) in [6, 6.07) is 2.13. The van der Waals surface area contributed by atoms with Crippen molar-refractivity contribution in [1.29, 1.82) is 0 Å². The zero-order chi connectivity index (χ0) is 15.5. The van der Waals surface area contributed by atoms with E-state index in [0.717, 1.165) is 16.4 Å². The second-order valence-electron chi connectivity index (χ2n) is 4.38. The van der Waals surface area contributed by atoms with E-state index >= 15 is 0 Å². The molecule has 1 aromatic carbocycles. The van der Waals surface area contributed by atoms with Crippen LogP contribution in [0.25, 0.3) is 0 Å². The number of nitrogens with zero attached hydrogens (tertiary/aromatic N) is 1. The molecule has 0 aliphatic carbocycles. The van der Waals surface area contributed by atoms with Crippen molar-refractivity contribution in [3.8, 4) is 0 Å². The monoisotopic (exact) mass is 305 g/mol. The number of carboxylic acid groups (broad SMARTS) is 1. The van der Waals surface area contributed by atoms with E-state index in [1.807, 2.05) is 0 Å². The number of rotatable bonds is 6. The van der Waals surface area contributed by atoms with Crippen molar-refractivity contribution in [2.24, 2.45) is 0 Å². The summed E-state index contributed by atoms with van der Waals surface area (Å²) < 4.78 is 39.4. The minimum Gasteiger partial charge on any atom is -0.478 e. The maximum Gasteiger partial charge on any atom is 0.335 e. The molecule has 0 saturated heterocycles. The van der Waals surface area contributed by atoms with Crippen LogP contribution in [0.5, 0.6) is 0 Å². The normalized spacial score (nSPS) is 12.1. The molecule has 1 aromatic rings. The Labute approximate surface area is 116 Å². The van der Waals surface area contributed by atoms with Crippen LogP contribution in [0.3, 0.4) is 0 Å². The number of hydrogen-bond donors (Lipinski definition) is 2. The fraction of sp³-hybridized carbons (Fsp3) is 0.417. The van der Waals surface area contributed by atoms with Gasteiger partial charge in [0.1, 0.15) is 10.7 Å². The van der Waals surface area contributed by atoms with Gasteiger partial charge in [-0.15, -0.1) is 0 Å². The van der Waals surface area contributed by atoms with Gasteiger partial charge in [0, 0.05) is 12.6 Å². The predicted molar refractivity (Wildman–Crippen MR) is 69.5 cm³/mol. The molecule has 0 aliphatic rings. The first kappa shape index (κ1) is 16.5. The van der Waals surface area contributed by atoms with Crippen LogP contribution in [0, 0.1) is 5.82 Å². The van der Waals surface area contributed by atoms with Crippen molar-refractivity contribution >= 4 is 16.0 Å². The zero-order valence-electron chi connectivity index (χ0n) is 11.1. The van der Waals surface area contributed by atoms with E-state index in [9.17, 15) is 17.6 Å². The van der Waals surface area contributed by atoms with E-state index in [0.29, 0.717) is 6.07 Å². The van der Waals surface area contributed by atoms with E-state index in [2.05, 4.69) is 0 Å². The topological polar surface area (TPSA) is 94.9 Å². The number of aliphatic hydroxyl groups is 1. The highest BCUT2D eigenvalue weighted by atomic mass is 32.2. The van der Waals surface area contributed by atoms with Crippen LogP contribution in [-0.2, 0) is 10.0 Å². The Balaban J connectivity index is 3.31. The molecule has 0 radical (unpaired) electrons. The van der Waals surface area contributed by atoms with Gasteiger partial charge in [-0.3, -0.25) is 0 Å². The zero-order valence-corrected chi connectivity index (χ0v) is 11.9. The van der Waals surface area contributed by atoms with Gasteiger partial charge >= 0.3 is 5.97 Å². The van der Waals surface area contributed by atoms with Crippen molar-refractivity contribution in [1.82, 2.24) is 4.31 Å². The molecule has 0 atom stereocenters. The molecule has 2 N–H and O–H groups in total. The predicted octanol–water partition coefficient (Wildman–Crippen LogP) is 0.915. The van der Waals surface area contributed by atoms with Crippen molar-refractivity contribution in [2.75, 3.05) is 13.2 Å². The molecule has 0 fully saturated rings. The largest absolute Gasteiger partial charge is 0.478 e. The van der Waals surface area contributed by atoms with E-state index in [1.165, 1.54) is 0 Å². The smallest absolute Gasteiger partial charge is 0.335 e. The minimum absolute atomic E-state index is 0.167. The number of halogens is 1. The van der Waals surface area contributed by atoms with E-state index in [-0.39, 0.29) is 12.1 Å². The molecular weight excluding hydrogens is 289 g/mol. The van der Waals surface area contributed by atoms with Crippen LogP contribution in [0.2, 0.25) is 0 Å². The third kappa shape index (κ3) is 3.33. The Morgan fingerprint density at radius 2 is 2.00 bits per heavy atom. The highest BCUT2D eigenvalue weighted by Crippen LogP contribution is 2.22. The molecule has 0 amide bonds. The van der Waals surface area contributed by atoms with Crippen LogP contribution in [0.15, 0.2) is 23.1 Å². The summed E-state index contributed by atoms with van der Waals surface area (Å²) in [5.74, 6) is -2.47. The van der Waals surface area contributed by atoms with Crippen LogP contribution in [-0.4, -0.2) is 48.1 Å². The van der Waals surface area contributed by atoms with Crippen molar-refractivity contribution in [3.05, 3.63) is 29.6 Å². The summed E-state index contributed by atoms with van der Waals surface area (Å²) in [6.07, 6.45) is 0. The number of benzene rings is 1. The van der Waals surface area contributed by atoms with Gasteiger partial charge in [-0.25, -0.2) is 17.6 Å². The fourth-order valence-electron chi connectivity index (χ4n) is 1.72. The van der Waals surface area contributed by atoms with Crippen LogP contribution >= 0.6 is 0 Å². The highest BCUT2D eigenvalue weighted by Gasteiger charge is 2.29. The molecule has 1 rings (SSSR count). The third-order valence-corrected chi connectivity index (χ3v) is 4.77. The average Bonchev–Trinajstić information content (AvgIpc) is 2.34. The van der Waals surface area contributed by atoms with Crippen LogP contribution in [0.1, 0.15) is 24.2 Å². The minimum atomic E-state index is -4.13. The van der Waals surface area contributed by atoms with E-state index in [1.54, 1.807) is 13.8 Å². The number of hydrogen-bond acceptors (Lipinski definition) is 4.